The number of halogens is 2. The molecule has 0 spiro atoms. The minimum absolute atomic E-state index is 0.0406. The van der Waals surface area contributed by atoms with Crippen LogP contribution in [0.25, 0.3) is 11.0 Å². The zero-order valence-electron chi connectivity index (χ0n) is 16.0. The number of benzene rings is 1. The number of nitrogens with one attached hydrogen (secondary N) is 1. The Hall–Kier alpha value is -1.87. The van der Waals surface area contributed by atoms with Gasteiger partial charge in [0.1, 0.15) is 17.8 Å². The summed E-state index contributed by atoms with van der Waals surface area (Å²) in [7, 11) is -1.77. The van der Waals surface area contributed by atoms with Crippen molar-refractivity contribution in [1.82, 2.24) is 19.3 Å². The first-order valence-electron chi connectivity index (χ1n) is 9.24. The van der Waals surface area contributed by atoms with Crippen molar-refractivity contribution in [3.05, 3.63) is 46.8 Å². The Balaban J connectivity index is 1.65. The van der Waals surface area contributed by atoms with Crippen molar-refractivity contribution in [3.63, 3.8) is 0 Å². The van der Waals surface area contributed by atoms with Gasteiger partial charge in [0.25, 0.3) is 0 Å². The van der Waals surface area contributed by atoms with Crippen LogP contribution in [-0.4, -0.2) is 53.9 Å². The monoisotopic (exact) mass is 453 g/mol. The molecule has 1 aliphatic rings. The molecule has 10 heteroatoms. The van der Waals surface area contributed by atoms with Crippen LogP contribution in [0.1, 0.15) is 13.3 Å². The van der Waals surface area contributed by atoms with Crippen LogP contribution in [0, 0.1) is 5.92 Å². The maximum Gasteiger partial charge on any atom is 0.243 e. The van der Waals surface area contributed by atoms with Crippen LogP contribution in [0.5, 0.6) is 0 Å². The van der Waals surface area contributed by atoms with E-state index in [1.54, 1.807) is 0 Å². The third-order valence-electron chi connectivity index (χ3n) is 5.52. The van der Waals surface area contributed by atoms with Crippen LogP contribution in [0.3, 0.4) is 0 Å². The maximum absolute atomic E-state index is 13.2. The molecule has 4 rings (SSSR count). The summed E-state index contributed by atoms with van der Waals surface area (Å²) in [5.41, 5.74) is 0.753. The highest BCUT2D eigenvalue weighted by atomic mass is 35.5. The Morgan fingerprint density at radius 1 is 1.21 bits per heavy atom. The average Bonchev–Trinajstić information content (AvgIpc) is 3.15. The van der Waals surface area contributed by atoms with E-state index in [-0.39, 0.29) is 10.9 Å². The molecule has 1 fully saturated rings. The molecule has 0 saturated carbocycles. The smallest absolute Gasteiger partial charge is 0.243 e. The fraction of sp³-hybridized carbons (Fsp3) is 0.368. The number of hydrogen-bond acceptors (Lipinski definition) is 5. The van der Waals surface area contributed by atoms with Gasteiger partial charge in [-0.3, -0.25) is 0 Å². The Morgan fingerprint density at radius 3 is 2.66 bits per heavy atom. The van der Waals surface area contributed by atoms with Crippen molar-refractivity contribution in [2.75, 3.05) is 25.0 Å². The summed E-state index contributed by atoms with van der Waals surface area (Å²) < 4.78 is 28.0. The van der Waals surface area contributed by atoms with E-state index >= 15 is 0 Å². The number of sulfonamides is 1. The number of anilines is 1. The van der Waals surface area contributed by atoms with Gasteiger partial charge in [-0.15, -0.1) is 0 Å². The lowest BCUT2D eigenvalue weighted by molar-refractivity contribution is 0.247. The molecule has 0 radical (unpaired) electrons. The lowest BCUT2D eigenvalue weighted by atomic mass is 9.93. The van der Waals surface area contributed by atoms with Crippen LogP contribution < -0.4 is 4.90 Å². The predicted octanol–water partition coefficient (Wildman–Crippen LogP) is 3.80. The summed E-state index contributed by atoms with van der Waals surface area (Å²) in [5, 5.41) is 1.50. The van der Waals surface area contributed by atoms with Gasteiger partial charge >= 0.3 is 0 Å². The molecule has 1 aliphatic heterocycles. The van der Waals surface area contributed by atoms with Crippen molar-refractivity contribution >= 4 is 50.1 Å². The molecule has 0 amide bonds. The van der Waals surface area contributed by atoms with Crippen molar-refractivity contribution < 1.29 is 8.42 Å². The average molecular weight is 454 g/mol. The number of aromatic nitrogens is 3. The molecule has 3 aromatic rings. The largest absolute Gasteiger partial charge is 0.354 e. The standard InChI is InChI=1S/C19H21Cl2N5O2S/c1-12-4-6-26(29(27,28)15-8-13(20)7-14(21)9-15)10-17(12)25(2)19-16-3-5-22-18(16)23-11-24-19/h3,5,7-9,11-12,17H,4,6,10H2,1-2H3,(H,22,23,24). The van der Waals surface area contributed by atoms with E-state index in [0.29, 0.717) is 29.1 Å². The summed E-state index contributed by atoms with van der Waals surface area (Å²) in [6.07, 6.45) is 4.07. The minimum atomic E-state index is -3.71. The van der Waals surface area contributed by atoms with E-state index < -0.39 is 10.0 Å². The SMILES string of the molecule is CC1CCN(S(=O)(=O)c2cc(Cl)cc(Cl)c2)CC1N(C)c1ncnc2[nH]ccc12. The molecule has 2 unspecified atom stereocenters. The number of nitrogens with zero attached hydrogens (tertiary/aromatic N) is 4. The topological polar surface area (TPSA) is 82.2 Å². The van der Waals surface area contributed by atoms with Crippen molar-refractivity contribution in [2.45, 2.75) is 24.3 Å². The molecule has 29 heavy (non-hydrogen) atoms. The summed E-state index contributed by atoms with van der Waals surface area (Å²) in [4.78, 5) is 13.9. The van der Waals surface area contributed by atoms with E-state index in [1.807, 2.05) is 19.3 Å². The van der Waals surface area contributed by atoms with E-state index in [2.05, 4.69) is 26.8 Å². The molecule has 0 aliphatic carbocycles. The maximum atomic E-state index is 13.2. The number of H-pyrrole nitrogens is 1. The van der Waals surface area contributed by atoms with E-state index in [1.165, 1.54) is 28.8 Å². The Bertz CT molecular complexity index is 1130. The highest BCUT2D eigenvalue weighted by Crippen LogP contribution is 2.32. The van der Waals surface area contributed by atoms with E-state index in [0.717, 1.165) is 23.3 Å². The molecule has 154 valence electrons. The highest BCUT2D eigenvalue weighted by molar-refractivity contribution is 7.89. The second kappa shape index (κ2) is 7.75. The molecule has 7 nitrogen and oxygen atoms in total. The summed E-state index contributed by atoms with van der Waals surface area (Å²) >= 11 is 12.1. The zero-order valence-corrected chi connectivity index (χ0v) is 18.3. The Kier molecular flexibility index (Phi) is 5.46. The second-order valence-corrected chi connectivity index (χ2v) is 10.2. The van der Waals surface area contributed by atoms with Crippen molar-refractivity contribution in [2.24, 2.45) is 5.92 Å². The molecule has 1 N–H and O–H groups in total. The normalized spacial score (nSPS) is 20.8. The fourth-order valence-corrected chi connectivity index (χ4v) is 6.07. The van der Waals surface area contributed by atoms with Crippen molar-refractivity contribution in [3.8, 4) is 0 Å². The van der Waals surface area contributed by atoms with Gasteiger partial charge in [0, 0.05) is 42.4 Å². The van der Waals surface area contributed by atoms with Crippen molar-refractivity contribution in [1.29, 1.82) is 0 Å². The molecular formula is C19H21Cl2N5O2S. The predicted molar refractivity (Wildman–Crippen MR) is 115 cm³/mol. The van der Waals surface area contributed by atoms with Gasteiger partial charge in [-0.25, -0.2) is 18.4 Å². The quantitative estimate of drug-likeness (QED) is 0.649. The lowest BCUT2D eigenvalue weighted by Gasteiger charge is -2.41. The van der Waals surface area contributed by atoms with Gasteiger partial charge in [-0.05, 0) is 36.6 Å². The number of fused-ring (bicyclic) bond motifs is 1. The van der Waals surface area contributed by atoms with Gasteiger partial charge in [0.2, 0.25) is 10.0 Å². The second-order valence-electron chi connectivity index (χ2n) is 7.35. The molecule has 0 bridgehead atoms. The van der Waals surface area contributed by atoms with Gasteiger partial charge < -0.3 is 9.88 Å². The third kappa shape index (κ3) is 3.82. The van der Waals surface area contributed by atoms with E-state index in [4.69, 9.17) is 23.2 Å². The zero-order chi connectivity index (χ0) is 20.8. The van der Waals surface area contributed by atoms with Crippen LogP contribution >= 0.6 is 23.2 Å². The summed E-state index contributed by atoms with van der Waals surface area (Å²) in [5.74, 6) is 1.07. The summed E-state index contributed by atoms with van der Waals surface area (Å²) in [6, 6.07) is 6.28. The highest BCUT2D eigenvalue weighted by Gasteiger charge is 2.36. The van der Waals surface area contributed by atoms with E-state index in [9.17, 15) is 8.42 Å². The van der Waals surface area contributed by atoms with Crippen LogP contribution in [0.15, 0.2) is 41.7 Å². The number of likely N-dealkylation sites (N-methyl/N-ethyl adjacent to an activating group) is 1. The molecule has 2 atom stereocenters. The first-order chi connectivity index (χ1) is 13.8. The molecular weight excluding hydrogens is 433 g/mol. The minimum Gasteiger partial charge on any atom is -0.354 e. The lowest BCUT2D eigenvalue weighted by Crippen LogP contribution is -2.52. The number of piperidine rings is 1. The van der Waals surface area contributed by atoms with Gasteiger partial charge in [0.05, 0.1) is 10.3 Å². The third-order valence-corrected chi connectivity index (χ3v) is 7.80. The first-order valence-corrected chi connectivity index (χ1v) is 11.4. The van der Waals surface area contributed by atoms with Crippen LogP contribution in [-0.2, 0) is 10.0 Å². The molecule has 2 aromatic heterocycles. The fourth-order valence-electron chi connectivity index (χ4n) is 3.87. The number of aromatic amines is 1. The van der Waals surface area contributed by atoms with Gasteiger partial charge in [-0.1, -0.05) is 30.1 Å². The Labute approximate surface area is 179 Å². The van der Waals surface area contributed by atoms with Gasteiger partial charge in [-0.2, -0.15) is 4.31 Å². The number of rotatable bonds is 4. The summed E-state index contributed by atoms with van der Waals surface area (Å²) in [6.45, 7) is 2.93. The van der Waals surface area contributed by atoms with Crippen LogP contribution in [0.2, 0.25) is 10.0 Å². The Morgan fingerprint density at radius 2 is 1.93 bits per heavy atom. The van der Waals surface area contributed by atoms with Crippen LogP contribution in [0.4, 0.5) is 5.82 Å². The molecule has 3 heterocycles. The molecule has 1 aromatic carbocycles. The first kappa shape index (κ1) is 20.4. The number of hydrogen-bond donors (Lipinski definition) is 1. The molecule has 1 saturated heterocycles. The van der Waals surface area contributed by atoms with Gasteiger partial charge in [0.15, 0.2) is 0 Å².